The Morgan fingerprint density at radius 3 is 2.96 bits per heavy atom. The fourth-order valence-corrected chi connectivity index (χ4v) is 2.85. The van der Waals surface area contributed by atoms with Crippen LogP contribution >= 0.6 is 11.6 Å². The quantitative estimate of drug-likeness (QED) is 0.867. The number of amides is 2. The van der Waals surface area contributed by atoms with Crippen LogP contribution in [0, 0.1) is 0 Å². The van der Waals surface area contributed by atoms with Gasteiger partial charge in [-0.3, -0.25) is 4.68 Å². The fraction of sp³-hybridized carbons (Fsp3) is 0.412. The molecule has 6 nitrogen and oxygen atoms in total. The molecule has 0 bridgehead atoms. The molecule has 0 spiro atoms. The molecule has 1 fully saturated rings. The molecule has 1 aromatic carbocycles. The lowest BCUT2D eigenvalue weighted by molar-refractivity contribution is 0.0940. The Bertz CT molecular complexity index is 680. The molecule has 2 amide bonds. The molecule has 2 atom stereocenters. The molecule has 1 aliphatic rings. The molecule has 0 aliphatic carbocycles. The molecule has 0 saturated carbocycles. The van der Waals surface area contributed by atoms with Crippen molar-refractivity contribution in [3.8, 4) is 0 Å². The van der Waals surface area contributed by atoms with Crippen LogP contribution in [0.4, 0.5) is 10.5 Å². The second-order valence-electron chi connectivity index (χ2n) is 5.96. The minimum atomic E-state index is -0.269. The van der Waals surface area contributed by atoms with E-state index in [9.17, 15) is 4.79 Å². The Morgan fingerprint density at radius 1 is 1.46 bits per heavy atom. The summed E-state index contributed by atoms with van der Waals surface area (Å²) >= 11 is 5.87. The van der Waals surface area contributed by atoms with Gasteiger partial charge in [-0.15, -0.1) is 0 Å². The van der Waals surface area contributed by atoms with Crippen LogP contribution in [0.1, 0.15) is 31.4 Å². The van der Waals surface area contributed by atoms with Crippen molar-refractivity contribution in [1.29, 1.82) is 0 Å². The number of carbonyl (C=O) groups is 1. The van der Waals surface area contributed by atoms with Gasteiger partial charge in [-0.1, -0.05) is 23.7 Å². The number of nitrogens with one attached hydrogen (secondary N) is 2. The summed E-state index contributed by atoms with van der Waals surface area (Å²) < 4.78 is 7.39. The largest absolute Gasteiger partial charge is 0.376 e. The molecule has 2 heterocycles. The highest BCUT2D eigenvalue weighted by Gasteiger charge is 2.17. The standard InChI is InChI=1S/C17H21ClN4O2/c1-12(13-4-6-14(18)7-5-13)20-17(23)21-15-9-19-22(10-15)11-16-3-2-8-24-16/h4-7,9-10,12,16H,2-3,8,11H2,1H3,(H2,20,21,23). The van der Waals surface area contributed by atoms with Crippen LogP contribution in [-0.2, 0) is 11.3 Å². The molecule has 2 unspecified atom stereocenters. The molecule has 24 heavy (non-hydrogen) atoms. The first-order chi connectivity index (χ1) is 11.6. The van der Waals surface area contributed by atoms with Crippen molar-refractivity contribution in [3.63, 3.8) is 0 Å². The van der Waals surface area contributed by atoms with Crippen molar-refractivity contribution < 1.29 is 9.53 Å². The van der Waals surface area contributed by atoms with Gasteiger partial charge in [0.25, 0.3) is 0 Å². The van der Waals surface area contributed by atoms with Gasteiger partial charge in [-0.05, 0) is 37.5 Å². The van der Waals surface area contributed by atoms with Gasteiger partial charge in [0.1, 0.15) is 0 Å². The lowest BCUT2D eigenvalue weighted by Gasteiger charge is -2.14. The van der Waals surface area contributed by atoms with E-state index in [0.29, 0.717) is 17.3 Å². The zero-order valence-corrected chi connectivity index (χ0v) is 14.3. The summed E-state index contributed by atoms with van der Waals surface area (Å²) in [7, 11) is 0. The Kier molecular flexibility index (Phi) is 5.37. The molecule has 0 radical (unpaired) electrons. The third-order valence-electron chi connectivity index (χ3n) is 4.02. The van der Waals surface area contributed by atoms with Crippen molar-refractivity contribution in [2.75, 3.05) is 11.9 Å². The average Bonchev–Trinajstić information content (AvgIpc) is 3.20. The monoisotopic (exact) mass is 348 g/mol. The molecule has 2 aromatic rings. The average molecular weight is 349 g/mol. The highest BCUT2D eigenvalue weighted by Crippen LogP contribution is 2.17. The first-order valence-corrected chi connectivity index (χ1v) is 8.45. The Balaban J connectivity index is 1.51. The van der Waals surface area contributed by atoms with Crippen LogP contribution in [0.3, 0.4) is 0 Å². The molecule has 2 N–H and O–H groups in total. The zero-order chi connectivity index (χ0) is 16.9. The van der Waals surface area contributed by atoms with Gasteiger partial charge in [-0.2, -0.15) is 5.10 Å². The van der Waals surface area contributed by atoms with Crippen LogP contribution in [0.25, 0.3) is 0 Å². The van der Waals surface area contributed by atoms with Crippen LogP contribution in [0.5, 0.6) is 0 Å². The minimum absolute atomic E-state index is 0.121. The second-order valence-corrected chi connectivity index (χ2v) is 6.39. The van der Waals surface area contributed by atoms with E-state index in [1.807, 2.05) is 37.4 Å². The van der Waals surface area contributed by atoms with E-state index in [4.69, 9.17) is 16.3 Å². The first-order valence-electron chi connectivity index (χ1n) is 8.07. The van der Waals surface area contributed by atoms with Crippen molar-refractivity contribution in [1.82, 2.24) is 15.1 Å². The number of aromatic nitrogens is 2. The second kappa shape index (κ2) is 7.68. The molecular weight excluding hydrogens is 328 g/mol. The molecule has 7 heteroatoms. The fourth-order valence-electron chi connectivity index (χ4n) is 2.72. The Labute approximate surface area is 146 Å². The van der Waals surface area contributed by atoms with E-state index in [0.717, 1.165) is 25.0 Å². The van der Waals surface area contributed by atoms with Gasteiger partial charge in [-0.25, -0.2) is 4.79 Å². The lowest BCUT2D eigenvalue weighted by atomic mass is 10.1. The number of ether oxygens (including phenoxy) is 1. The maximum Gasteiger partial charge on any atom is 0.319 e. The first kappa shape index (κ1) is 16.8. The Morgan fingerprint density at radius 2 is 2.25 bits per heavy atom. The van der Waals surface area contributed by atoms with Crippen molar-refractivity contribution >= 4 is 23.3 Å². The summed E-state index contributed by atoms with van der Waals surface area (Å²) in [5.41, 5.74) is 1.65. The summed E-state index contributed by atoms with van der Waals surface area (Å²) in [6, 6.07) is 7.02. The molecule has 1 aliphatic heterocycles. The van der Waals surface area contributed by atoms with E-state index in [2.05, 4.69) is 15.7 Å². The third kappa shape index (κ3) is 4.49. The van der Waals surface area contributed by atoms with E-state index < -0.39 is 0 Å². The lowest BCUT2D eigenvalue weighted by Crippen LogP contribution is -2.31. The highest BCUT2D eigenvalue weighted by atomic mass is 35.5. The third-order valence-corrected chi connectivity index (χ3v) is 4.28. The maximum atomic E-state index is 12.1. The van der Waals surface area contributed by atoms with Crippen LogP contribution in [0.15, 0.2) is 36.7 Å². The predicted molar refractivity (Wildman–Crippen MR) is 93.2 cm³/mol. The zero-order valence-electron chi connectivity index (χ0n) is 13.5. The number of urea groups is 1. The van der Waals surface area contributed by atoms with Gasteiger partial charge in [0, 0.05) is 17.8 Å². The number of carbonyl (C=O) groups excluding carboxylic acids is 1. The predicted octanol–water partition coefficient (Wildman–Crippen LogP) is 3.60. The van der Waals surface area contributed by atoms with E-state index in [1.54, 1.807) is 10.9 Å². The van der Waals surface area contributed by atoms with Gasteiger partial charge in [0.05, 0.1) is 30.6 Å². The Hall–Kier alpha value is -2.05. The van der Waals surface area contributed by atoms with E-state index >= 15 is 0 Å². The highest BCUT2D eigenvalue weighted by molar-refractivity contribution is 6.30. The minimum Gasteiger partial charge on any atom is -0.376 e. The van der Waals surface area contributed by atoms with Gasteiger partial charge < -0.3 is 15.4 Å². The van der Waals surface area contributed by atoms with E-state index in [-0.39, 0.29) is 18.2 Å². The number of rotatable bonds is 5. The number of hydrogen-bond acceptors (Lipinski definition) is 3. The van der Waals surface area contributed by atoms with E-state index in [1.165, 1.54) is 0 Å². The summed E-state index contributed by atoms with van der Waals surface area (Å²) in [6.45, 7) is 3.45. The van der Waals surface area contributed by atoms with Crippen LogP contribution < -0.4 is 10.6 Å². The molecule has 1 aromatic heterocycles. The summed E-state index contributed by atoms with van der Waals surface area (Å²) in [5, 5.41) is 10.6. The van der Waals surface area contributed by atoms with Crippen molar-refractivity contribution in [3.05, 3.63) is 47.2 Å². The van der Waals surface area contributed by atoms with Crippen molar-refractivity contribution in [2.45, 2.75) is 38.5 Å². The summed E-state index contributed by atoms with van der Waals surface area (Å²) in [4.78, 5) is 12.1. The smallest absolute Gasteiger partial charge is 0.319 e. The summed E-state index contributed by atoms with van der Waals surface area (Å²) in [6.07, 6.45) is 5.83. The van der Waals surface area contributed by atoms with Crippen LogP contribution in [-0.4, -0.2) is 28.5 Å². The number of halogens is 1. The van der Waals surface area contributed by atoms with Gasteiger partial charge in [0.15, 0.2) is 0 Å². The van der Waals surface area contributed by atoms with Gasteiger partial charge >= 0.3 is 6.03 Å². The number of nitrogens with zero attached hydrogens (tertiary/aromatic N) is 2. The number of hydrogen-bond donors (Lipinski definition) is 2. The topological polar surface area (TPSA) is 68.2 Å². The van der Waals surface area contributed by atoms with Crippen molar-refractivity contribution in [2.24, 2.45) is 0 Å². The molecular formula is C17H21ClN4O2. The molecule has 128 valence electrons. The maximum absolute atomic E-state index is 12.1. The van der Waals surface area contributed by atoms with Gasteiger partial charge in [0.2, 0.25) is 0 Å². The molecule has 3 rings (SSSR count). The normalized spacial score (nSPS) is 18.3. The number of anilines is 1. The summed E-state index contributed by atoms with van der Waals surface area (Å²) in [5.74, 6) is 0. The van der Waals surface area contributed by atoms with Crippen LogP contribution in [0.2, 0.25) is 5.02 Å². The molecule has 1 saturated heterocycles. The SMILES string of the molecule is CC(NC(=O)Nc1cnn(CC2CCCO2)c1)c1ccc(Cl)cc1. The number of benzene rings is 1.